The van der Waals surface area contributed by atoms with Crippen molar-refractivity contribution in [1.29, 1.82) is 0 Å². The van der Waals surface area contributed by atoms with Crippen LogP contribution in [0.1, 0.15) is 26.7 Å². The summed E-state index contributed by atoms with van der Waals surface area (Å²) in [4.78, 5) is 0. The summed E-state index contributed by atoms with van der Waals surface area (Å²) in [7, 11) is 0. The zero-order valence-electron chi connectivity index (χ0n) is 9.21. The van der Waals surface area contributed by atoms with Crippen molar-refractivity contribution in [3.05, 3.63) is 0 Å². The van der Waals surface area contributed by atoms with Crippen LogP contribution in [0.4, 0.5) is 0 Å². The standard InChI is InChI=1S/C10H22N2S2/c1-3-9(5-11)7-14-10(4-2,6-12)8-13-9/h3-8,11-12H2,1-2H3. The molecule has 0 saturated carbocycles. The van der Waals surface area contributed by atoms with E-state index in [0.717, 1.165) is 24.6 Å². The lowest BCUT2D eigenvalue weighted by atomic mass is 10.1. The van der Waals surface area contributed by atoms with Crippen LogP contribution < -0.4 is 11.5 Å². The maximum atomic E-state index is 5.85. The van der Waals surface area contributed by atoms with Gasteiger partial charge in [-0.15, -0.1) is 0 Å². The van der Waals surface area contributed by atoms with Gasteiger partial charge in [-0.05, 0) is 12.8 Å². The molecule has 0 aromatic carbocycles. The largest absolute Gasteiger partial charge is 0.329 e. The second kappa shape index (κ2) is 5.10. The predicted octanol–water partition coefficient (Wildman–Crippen LogP) is 1.68. The van der Waals surface area contributed by atoms with Gasteiger partial charge in [-0.25, -0.2) is 0 Å². The van der Waals surface area contributed by atoms with E-state index in [4.69, 9.17) is 11.5 Å². The summed E-state index contributed by atoms with van der Waals surface area (Å²) in [6, 6.07) is 0. The first-order valence-corrected chi connectivity index (χ1v) is 7.31. The molecule has 1 saturated heterocycles. The Bertz CT molecular complexity index is 145. The smallest absolute Gasteiger partial charge is 0.0370 e. The van der Waals surface area contributed by atoms with Crippen molar-refractivity contribution in [3.8, 4) is 0 Å². The molecule has 0 aromatic rings. The zero-order chi connectivity index (χ0) is 10.7. The monoisotopic (exact) mass is 234 g/mol. The van der Waals surface area contributed by atoms with E-state index in [0.29, 0.717) is 9.49 Å². The lowest BCUT2D eigenvalue weighted by molar-refractivity contribution is 0.589. The number of nitrogens with two attached hydrogens (primary N) is 2. The van der Waals surface area contributed by atoms with Crippen LogP contribution in [0.15, 0.2) is 0 Å². The lowest BCUT2D eigenvalue weighted by Crippen LogP contribution is -2.48. The molecule has 1 aliphatic rings. The third-order valence-corrected chi connectivity index (χ3v) is 7.50. The molecule has 2 nitrogen and oxygen atoms in total. The Morgan fingerprint density at radius 2 is 1.29 bits per heavy atom. The average Bonchev–Trinajstić information content (AvgIpc) is 2.29. The highest BCUT2D eigenvalue weighted by molar-refractivity contribution is 8.08. The van der Waals surface area contributed by atoms with Crippen molar-refractivity contribution in [2.75, 3.05) is 24.6 Å². The summed E-state index contributed by atoms with van der Waals surface area (Å²) < 4.78 is 0.636. The van der Waals surface area contributed by atoms with Crippen LogP contribution in [-0.2, 0) is 0 Å². The minimum Gasteiger partial charge on any atom is -0.329 e. The van der Waals surface area contributed by atoms with Crippen molar-refractivity contribution in [2.24, 2.45) is 11.5 Å². The van der Waals surface area contributed by atoms with Gasteiger partial charge in [-0.3, -0.25) is 0 Å². The topological polar surface area (TPSA) is 52.0 Å². The molecule has 1 heterocycles. The van der Waals surface area contributed by atoms with Crippen LogP contribution in [0, 0.1) is 0 Å². The fourth-order valence-corrected chi connectivity index (χ4v) is 5.03. The molecule has 14 heavy (non-hydrogen) atoms. The van der Waals surface area contributed by atoms with E-state index >= 15 is 0 Å². The maximum absolute atomic E-state index is 5.85. The molecule has 84 valence electrons. The highest BCUT2D eigenvalue weighted by atomic mass is 32.2. The molecule has 1 aliphatic heterocycles. The number of hydrogen-bond acceptors (Lipinski definition) is 4. The molecule has 0 bridgehead atoms. The van der Waals surface area contributed by atoms with E-state index < -0.39 is 0 Å². The summed E-state index contributed by atoms with van der Waals surface area (Å²) in [5, 5.41) is 0. The van der Waals surface area contributed by atoms with Crippen LogP contribution in [-0.4, -0.2) is 34.1 Å². The SMILES string of the molecule is CCC1(CN)CSC(CC)(CN)CS1. The van der Waals surface area contributed by atoms with Gasteiger partial charge in [0, 0.05) is 34.1 Å². The second-order valence-electron chi connectivity index (χ2n) is 4.06. The summed E-state index contributed by atoms with van der Waals surface area (Å²) in [6.45, 7) is 6.07. The Morgan fingerprint density at radius 1 is 0.929 bits per heavy atom. The molecular formula is C10H22N2S2. The minimum absolute atomic E-state index is 0.318. The third-order valence-electron chi connectivity index (χ3n) is 3.32. The van der Waals surface area contributed by atoms with Crippen LogP contribution in [0.25, 0.3) is 0 Å². The van der Waals surface area contributed by atoms with Gasteiger partial charge >= 0.3 is 0 Å². The summed E-state index contributed by atoms with van der Waals surface area (Å²) >= 11 is 4.08. The first-order valence-electron chi connectivity index (χ1n) is 5.34. The Morgan fingerprint density at radius 3 is 1.43 bits per heavy atom. The van der Waals surface area contributed by atoms with Crippen molar-refractivity contribution in [3.63, 3.8) is 0 Å². The van der Waals surface area contributed by atoms with E-state index in [1.165, 1.54) is 12.8 Å². The molecule has 2 atom stereocenters. The van der Waals surface area contributed by atoms with Crippen molar-refractivity contribution in [1.82, 2.24) is 0 Å². The first-order chi connectivity index (χ1) is 6.66. The minimum atomic E-state index is 0.318. The number of thioether (sulfide) groups is 2. The Kier molecular flexibility index (Phi) is 4.62. The highest BCUT2D eigenvalue weighted by Gasteiger charge is 2.40. The molecule has 0 aromatic heterocycles. The molecule has 0 amide bonds. The molecule has 0 radical (unpaired) electrons. The Labute approximate surface area is 95.9 Å². The molecular weight excluding hydrogens is 212 g/mol. The van der Waals surface area contributed by atoms with E-state index in [2.05, 4.69) is 13.8 Å². The second-order valence-corrected chi connectivity index (χ2v) is 6.95. The maximum Gasteiger partial charge on any atom is 0.0370 e. The fraction of sp³-hybridized carbons (Fsp3) is 1.00. The van der Waals surface area contributed by atoms with Crippen LogP contribution in [0.5, 0.6) is 0 Å². The molecule has 1 fully saturated rings. The molecule has 4 N–H and O–H groups in total. The number of rotatable bonds is 4. The van der Waals surface area contributed by atoms with Crippen LogP contribution in [0.2, 0.25) is 0 Å². The van der Waals surface area contributed by atoms with Crippen molar-refractivity contribution in [2.45, 2.75) is 36.2 Å². The molecule has 1 rings (SSSR count). The molecule has 4 heteroatoms. The lowest BCUT2D eigenvalue weighted by Gasteiger charge is -2.44. The van der Waals surface area contributed by atoms with Gasteiger partial charge in [0.1, 0.15) is 0 Å². The van der Waals surface area contributed by atoms with E-state index in [-0.39, 0.29) is 0 Å². The Hall–Kier alpha value is 0.620. The summed E-state index contributed by atoms with van der Waals surface area (Å²) in [5.41, 5.74) is 11.7. The average molecular weight is 234 g/mol. The first kappa shape index (κ1) is 12.7. The van der Waals surface area contributed by atoms with Gasteiger partial charge in [-0.2, -0.15) is 23.5 Å². The van der Waals surface area contributed by atoms with Gasteiger partial charge < -0.3 is 11.5 Å². The molecule has 0 aliphatic carbocycles. The number of hydrogen-bond donors (Lipinski definition) is 2. The summed E-state index contributed by atoms with van der Waals surface area (Å²) in [5.74, 6) is 2.32. The quantitative estimate of drug-likeness (QED) is 0.777. The van der Waals surface area contributed by atoms with Gasteiger partial charge in [0.25, 0.3) is 0 Å². The highest BCUT2D eigenvalue weighted by Crippen LogP contribution is 2.46. The van der Waals surface area contributed by atoms with E-state index in [1.807, 2.05) is 23.5 Å². The zero-order valence-corrected chi connectivity index (χ0v) is 10.8. The van der Waals surface area contributed by atoms with Gasteiger partial charge in [0.2, 0.25) is 0 Å². The van der Waals surface area contributed by atoms with Crippen molar-refractivity contribution < 1.29 is 0 Å². The molecule has 2 unspecified atom stereocenters. The molecule has 0 spiro atoms. The van der Waals surface area contributed by atoms with E-state index in [9.17, 15) is 0 Å². The van der Waals surface area contributed by atoms with Gasteiger partial charge in [0.05, 0.1) is 0 Å². The van der Waals surface area contributed by atoms with Crippen molar-refractivity contribution >= 4 is 23.5 Å². The van der Waals surface area contributed by atoms with E-state index in [1.54, 1.807) is 0 Å². The van der Waals surface area contributed by atoms with Crippen LogP contribution >= 0.6 is 23.5 Å². The van der Waals surface area contributed by atoms with Gasteiger partial charge in [-0.1, -0.05) is 13.8 Å². The fourth-order valence-electron chi connectivity index (χ4n) is 1.59. The van der Waals surface area contributed by atoms with Gasteiger partial charge in [0.15, 0.2) is 0 Å². The summed E-state index contributed by atoms with van der Waals surface area (Å²) in [6.07, 6.45) is 2.34. The predicted molar refractivity (Wildman–Crippen MR) is 69.1 cm³/mol. The van der Waals surface area contributed by atoms with Crippen LogP contribution in [0.3, 0.4) is 0 Å². The third kappa shape index (κ3) is 2.40. The Balaban J connectivity index is 2.59. The normalized spacial score (nSPS) is 38.6.